The number of halogens is 1. The van der Waals surface area contributed by atoms with Crippen LogP contribution in [-0.4, -0.2) is 25.7 Å². The molecule has 0 bridgehead atoms. The summed E-state index contributed by atoms with van der Waals surface area (Å²) in [5.74, 6) is -0.587. The smallest absolute Gasteiger partial charge is 0.365 e. The zero-order chi connectivity index (χ0) is 11.5. The van der Waals surface area contributed by atoms with E-state index in [2.05, 4.69) is 0 Å². The lowest BCUT2D eigenvalue weighted by molar-refractivity contribution is -0.660. The van der Waals surface area contributed by atoms with Gasteiger partial charge in [0.15, 0.2) is 6.04 Å². The van der Waals surface area contributed by atoms with Gasteiger partial charge in [-0.05, 0) is 11.6 Å². The number of esters is 1. The van der Waals surface area contributed by atoms with Gasteiger partial charge in [-0.15, -0.1) is 0 Å². The molecule has 0 aromatic heterocycles. The molecule has 4 heteroatoms. The zero-order valence-electron chi connectivity index (χ0n) is 9.15. The Hall–Kier alpha value is -1.42. The maximum Gasteiger partial charge on any atom is 0.365 e. The lowest BCUT2D eigenvalue weighted by Gasteiger charge is -2.14. The summed E-state index contributed by atoms with van der Waals surface area (Å²) in [4.78, 5) is 11.5. The van der Waals surface area contributed by atoms with Crippen molar-refractivity contribution < 1.29 is 19.2 Å². The van der Waals surface area contributed by atoms with Gasteiger partial charge < -0.3 is 10.1 Å². The van der Waals surface area contributed by atoms with Crippen LogP contribution in [0.2, 0.25) is 0 Å². The Kier molecular flexibility index (Phi) is 3.19. The van der Waals surface area contributed by atoms with Crippen molar-refractivity contribution >= 4 is 5.97 Å². The first-order valence-corrected chi connectivity index (χ1v) is 5.39. The molecule has 0 amide bonds. The minimum atomic E-state index is -0.304. The Morgan fingerprint density at radius 1 is 1.50 bits per heavy atom. The van der Waals surface area contributed by atoms with Crippen LogP contribution in [0.15, 0.2) is 24.3 Å². The molecule has 0 aliphatic carbocycles. The quantitative estimate of drug-likeness (QED) is 0.740. The number of carbonyl (C=O) groups is 1. The number of methoxy groups -OCH3 is 1. The van der Waals surface area contributed by atoms with Crippen molar-refractivity contribution in [1.82, 2.24) is 0 Å². The van der Waals surface area contributed by atoms with Crippen LogP contribution >= 0.6 is 0 Å². The Morgan fingerprint density at radius 3 is 2.94 bits per heavy atom. The number of quaternary nitrogens is 1. The van der Waals surface area contributed by atoms with E-state index in [0.29, 0.717) is 5.56 Å². The molecule has 1 aromatic carbocycles. The largest absolute Gasteiger partial charge is 0.465 e. The number of ether oxygens (including phenoxy) is 1. The van der Waals surface area contributed by atoms with Crippen LogP contribution in [0.3, 0.4) is 0 Å². The lowest BCUT2D eigenvalue weighted by Crippen LogP contribution is -2.89. The van der Waals surface area contributed by atoms with Crippen LogP contribution in [-0.2, 0) is 9.53 Å². The molecule has 1 heterocycles. The number of nitrogens with two attached hydrogens (primary N) is 1. The average Bonchev–Trinajstić information content (AvgIpc) is 2.77. The molecule has 1 aliphatic rings. The Balaban J connectivity index is 2.27. The summed E-state index contributed by atoms with van der Waals surface area (Å²) in [7, 11) is 1.37. The van der Waals surface area contributed by atoms with Crippen molar-refractivity contribution in [3.05, 3.63) is 35.6 Å². The maximum absolute atomic E-state index is 13.6. The van der Waals surface area contributed by atoms with Gasteiger partial charge in [0.2, 0.25) is 0 Å². The molecule has 2 atom stereocenters. The summed E-state index contributed by atoms with van der Waals surface area (Å²) in [6, 6.07) is 6.33. The average molecular weight is 224 g/mol. The number of carbonyl (C=O) groups excluding carboxylic acids is 1. The topological polar surface area (TPSA) is 42.9 Å². The highest BCUT2D eigenvalue weighted by atomic mass is 19.1. The van der Waals surface area contributed by atoms with Crippen LogP contribution in [0.25, 0.3) is 0 Å². The van der Waals surface area contributed by atoms with Gasteiger partial charge in [-0.2, -0.15) is 0 Å². The van der Waals surface area contributed by atoms with E-state index in [-0.39, 0.29) is 23.7 Å². The molecule has 1 aromatic rings. The normalized spacial score (nSPS) is 24.4. The molecular formula is C12H15FNO2+. The monoisotopic (exact) mass is 224 g/mol. The third kappa shape index (κ3) is 1.93. The van der Waals surface area contributed by atoms with Gasteiger partial charge in [-0.1, -0.05) is 18.2 Å². The van der Waals surface area contributed by atoms with Gasteiger partial charge in [0.25, 0.3) is 0 Å². The van der Waals surface area contributed by atoms with E-state index in [0.717, 1.165) is 13.0 Å². The first kappa shape index (κ1) is 11.1. The molecule has 0 spiro atoms. The predicted molar refractivity (Wildman–Crippen MR) is 56.4 cm³/mol. The highest BCUT2D eigenvalue weighted by Gasteiger charge is 2.39. The second-order valence-electron chi connectivity index (χ2n) is 3.99. The first-order chi connectivity index (χ1) is 7.74. The molecule has 86 valence electrons. The summed E-state index contributed by atoms with van der Waals surface area (Å²) in [5, 5.41) is 1.92. The van der Waals surface area contributed by atoms with Gasteiger partial charge in [0, 0.05) is 6.42 Å². The van der Waals surface area contributed by atoms with Crippen LogP contribution in [0.5, 0.6) is 0 Å². The van der Waals surface area contributed by atoms with Crippen LogP contribution in [0, 0.1) is 5.82 Å². The highest BCUT2D eigenvalue weighted by molar-refractivity contribution is 5.75. The fraction of sp³-hybridized carbons (Fsp3) is 0.417. The maximum atomic E-state index is 13.6. The Labute approximate surface area is 93.6 Å². The van der Waals surface area contributed by atoms with Gasteiger partial charge in [-0.3, -0.25) is 0 Å². The lowest BCUT2D eigenvalue weighted by atomic mass is 9.91. The number of rotatable bonds is 2. The molecule has 3 nitrogen and oxygen atoms in total. The molecule has 2 rings (SSSR count). The number of hydrogen-bond acceptors (Lipinski definition) is 2. The van der Waals surface area contributed by atoms with Crippen LogP contribution in [0.4, 0.5) is 4.39 Å². The number of hydrogen-bond donors (Lipinski definition) is 1. The van der Waals surface area contributed by atoms with Gasteiger partial charge >= 0.3 is 5.97 Å². The SMILES string of the molecule is COC(=O)[C@H]1[NH2+]CC[C@H]1c1ccccc1F. The van der Waals surface area contributed by atoms with Crippen molar-refractivity contribution in [2.75, 3.05) is 13.7 Å². The standard InChI is InChI=1S/C12H14FNO2/c1-16-12(15)11-9(6-7-14-11)8-4-2-3-5-10(8)13/h2-5,9,11,14H,6-7H2,1H3/p+1/t9-,11-/m0/s1. The van der Waals surface area contributed by atoms with E-state index >= 15 is 0 Å². The minimum absolute atomic E-state index is 0.0753. The molecule has 0 unspecified atom stereocenters. The van der Waals surface area contributed by atoms with E-state index in [9.17, 15) is 9.18 Å². The second-order valence-corrected chi connectivity index (χ2v) is 3.99. The molecule has 16 heavy (non-hydrogen) atoms. The van der Waals surface area contributed by atoms with Crippen molar-refractivity contribution in [2.24, 2.45) is 0 Å². The van der Waals surface area contributed by atoms with Crippen LogP contribution < -0.4 is 5.32 Å². The predicted octanol–water partition coefficient (Wildman–Crippen LogP) is 0.418. The summed E-state index contributed by atoms with van der Waals surface area (Å²) in [6.45, 7) is 0.832. The third-order valence-corrected chi connectivity index (χ3v) is 3.11. The minimum Gasteiger partial charge on any atom is -0.465 e. The van der Waals surface area contributed by atoms with Crippen molar-refractivity contribution in [2.45, 2.75) is 18.4 Å². The summed E-state index contributed by atoms with van der Waals surface area (Å²) < 4.78 is 18.3. The summed E-state index contributed by atoms with van der Waals surface area (Å²) in [6.07, 6.45) is 0.806. The van der Waals surface area contributed by atoms with Gasteiger partial charge in [0.1, 0.15) is 5.82 Å². The van der Waals surface area contributed by atoms with Crippen molar-refractivity contribution in [1.29, 1.82) is 0 Å². The fourth-order valence-corrected chi connectivity index (χ4v) is 2.32. The molecular weight excluding hydrogens is 209 g/mol. The first-order valence-electron chi connectivity index (χ1n) is 5.39. The van der Waals surface area contributed by atoms with E-state index in [1.54, 1.807) is 18.2 Å². The summed E-state index contributed by atoms with van der Waals surface area (Å²) in [5.41, 5.74) is 0.617. The molecule has 0 radical (unpaired) electrons. The highest BCUT2D eigenvalue weighted by Crippen LogP contribution is 2.26. The van der Waals surface area contributed by atoms with Crippen molar-refractivity contribution in [3.8, 4) is 0 Å². The zero-order valence-corrected chi connectivity index (χ0v) is 9.15. The van der Waals surface area contributed by atoms with E-state index in [1.165, 1.54) is 13.2 Å². The fourth-order valence-electron chi connectivity index (χ4n) is 2.32. The summed E-state index contributed by atoms with van der Waals surface area (Å²) >= 11 is 0. The van der Waals surface area contributed by atoms with E-state index < -0.39 is 0 Å². The third-order valence-electron chi connectivity index (χ3n) is 3.11. The van der Waals surface area contributed by atoms with E-state index in [4.69, 9.17) is 4.74 Å². The van der Waals surface area contributed by atoms with E-state index in [1.807, 2.05) is 5.32 Å². The second kappa shape index (κ2) is 4.61. The molecule has 1 saturated heterocycles. The Bertz CT molecular complexity index is 394. The Morgan fingerprint density at radius 2 is 2.25 bits per heavy atom. The van der Waals surface area contributed by atoms with Crippen molar-refractivity contribution in [3.63, 3.8) is 0 Å². The molecule has 1 aliphatic heterocycles. The van der Waals surface area contributed by atoms with Crippen LogP contribution in [0.1, 0.15) is 17.9 Å². The molecule has 0 saturated carbocycles. The molecule has 2 N–H and O–H groups in total. The van der Waals surface area contributed by atoms with Gasteiger partial charge in [0.05, 0.1) is 19.6 Å². The molecule has 1 fully saturated rings. The van der Waals surface area contributed by atoms with Gasteiger partial charge in [-0.25, -0.2) is 9.18 Å². The number of benzene rings is 1.